The van der Waals surface area contributed by atoms with Crippen LogP contribution in [0.4, 0.5) is 0 Å². The average Bonchev–Trinajstić information content (AvgIpc) is 2.08. The Labute approximate surface area is 114 Å². The standard InChI is InChI=1S/C12H29NO3Si2/c1-10(2)12(15-17(4,5)6)11(3)13(14)16-18(7,8)9/h10,12H,1-9H3/b13-11-. The highest BCUT2D eigenvalue weighted by atomic mass is 28.4. The summed E-state index contributed by atoms with van der Waals surface area (Å²) in [6, 6.07) is 0. The highest BCUT2D eigenvalue weighted by Crippen LogP contribution is 2.16. The van der Waals surface area contributed by atoms with Gasteiger partial charge in [0, 0.05) is 11.8 Å². The van der Waals surface area contributed by atoms with E-state index in [1.165, 1.54) is 0 Å². The Kier molecular flexibility index (Phi) is 6.09. The fourth-order valence-corrected chi connectivity index (χ4v) is 3.36. The predicted molar refractivity (Wildman–Crippen MR) is 81.8 cm³/mol. The summed E-state index contributed by atoms with van der Waals surface area (Å²) < 4.78 is 11.6. The van der Waals surface area contributed by atoms with Crippen LogP contribution in [-0.2, 0) is 8.95 Å². The molecule has 0 heterocycles. The minimum Gasteiger partial charge on any atom is -0.443 e. The van der Waals surface area contributed by atoms with Crippen molar-refractivity contribution in [2.75, 3.05) is 0 Å². The molecule has 0 aliphatic heterocycles. The van der Waals surface area contributed by atoms with Gasteiger partial charge in [-0.2, -0.15) is 0 Å². The summed E-state index contributed by atoms with van der Waals surface area (Å²) in [5, 5.41) is 12.0. The first-order chi connectivity index (χ1) is 7.83. The Morgan fingerprint density at radius 1 is 1.00 bits per heavy atom. The molecule has 0 aliphatic carbocycles. The summed E-state index contributed by atoms with van der Waals surface area (Å²) in [5.74, 6) is 0.262. The zero-order valence-corrected chi connectivity index (χ0v) is 15.3. The molecule has 0 radical (unpaired) electrons. The zero-order chi connectivity index (χ0) is 14.7. The molecule has 0 aliphatic rings. The summed E-state index contributed by atoms with van der Waals surface area (Å²) in [6.07, 6.45) is -0.162. The molecule has 0 aromatic rings. The summed E-state index contributed by atoms with van der Waals surface area (Å²) in [7, 11) is -3.55. The number of hydrogen-bond acceptors (Lipinski definition) is 3. The highest BCUT2D eigenvalue weighted by Gasteiger charge is 2.31. The molecule has 1 unspecified atom stereocenters. The first-order valence-electron chi connectivity index (χ1n) is 6.51. The van der Waals surface area contributed by atoms with E-state index in [0.29, 0.717) is 10.6 Å². The van der Waals surface area contributed by atoms with Crippen LogP contribution >= 0.6 is 0 Å². The molecule has 108 valence electrons. The van der Waals surface area contributed by atoms with Gasteiger partial charge in [-0.3, -0.25) is 5.21 Å². The molecule has 0 saturated carbocycles. The van der Waals surface area contributed by atoms with Gasteiger partial charge in [0.25, 0.3) is 0 Å². The minimum absolute atomic E-state index is 0.162. The van der Waals surface area contributed by atoms with Crippen LogP contribution in [-0.4, -0.2) is 33.4 Å². The van der Waals surface area contributed by atoms with E-state index in [2.05, 4.69) is 33.5 Å². The molecule has 0 amide bonds. The van der Waals surface area contributed by atoms with Crippen molar-refractivity contribution in [2.24, 2.45) is 5.92 Å². The maximum atomic E-state index is 12.0. The van der Waals surface area contributed by atoms with Gasteiger partial charge >= 0.3 is 0 Å². The van der Waals surface area contributed by atoms with Gasteiger partial charge in [-0.1, -0.05) is 33.5 Å². The van der Waals surface area contributed by atoms with E-state index < -0.39 is 16.6 Å². The highest BCUT2D eigenvalue weighted by molar-refractivity contribution is 6.70. The van der Waals surface area contributed by atoms with Crippen molar-refractivity contribution in [1.29, 1.82) is 0 Å². The lowest BCUT2D eigenvalue weighted by atomic mass is 10.0. The third-order valence-corrected chi connectivity index (χ3v) is 3.82. The van der Waals surface area contributed by atoms with Crippen LogP contribution < -0.4 is 0 Å². The fraction of sp³-hybridized carbons (Fsp3) is 0.917. The smallest absolute Gasteiger partial charge is 0.245 e. The molecule has 0 spiro atoms. The molecule has 0 N–H and O–H groups in total. The van der Waals surface area contributed by atoms with Gasteiger partial charge in [0.05, 0.1) is 0 Å². The maximum Gasteiger partial charge on any atom is 0.245 e. The average molecular weight is 292 g/mol. The molecule has 0 saturated heterocycles. The number of rotatable bonds is 6. The van der Waals surface area contributed by atoms with Gasteiger partial charge in [0.2, 0.25) is 5.71 Å². The van der Waals surface area contributed by atoms with Gasteiger partial charge in [0.1, 0.15) is 6.10 Å². The third kappa shape index (κ3) is 7.18. The van der Waals surface area contributed by atoms with Crippen molar-refractivity contribution in [3.63, 3.8) is 0 Å². The molecule has 0 fully saturated rings. The zero-order valence-electron chi connectivity index (χ0n) is 13.3. The summed E-state index contributed by atoms with van der Waals surface area (Å²) >= 11 is 0. The molecule has 4 nitrogen and oxygen atoms in total. The molecular formula is C12H29NO3Si2. The third-order valence-electron chi connectivity index (χ3n) is 2.14. The summed E-state index contributed by atoms with van der Waals surface area (Å²) in [4.78, 5) is 0.678. The van der Waals surface area contributed by atoms with Crippen LogP contribution in [0.1, 0.15) is 20.8 Å². The van der Waals surface area contributed by atoms with Gasteiger partial charge in [-0.05, 0) is 25.6 Å². The summed E-state index contributed by atoms with van der Waals surface area (Å²) in [5.41, 5.74) is 0.620. The van der Waals surface area contributed by atoms with Crippen molar-refractivity contribution in [3.05, 3.63) is 5.21 Å². The first-order valence-corrected chi connectivity index (χ1v) is 13.3. The predicted octanol–water partition coefficient (Wildman–Crippen LogP) is 3.60. The normalized spacial score (nSPS) is 16.6. The van der Waals surface area contributed by atoms with Crippen LogP contribution in [0.5, 0.6) is 0 Å². The summed E-state index contributed by atoms with van der Waals surface area (Å²) in [6.45, 7) is 18.3. The van der Waals surface area contributed by atoms with Crippen molar-refractivity contribution in [3.8, 4) is 0 Å². The quantitative estimate of drug-likeness (QED) is 0.325. The van der Waals surface area contributed by atoms with E-state index in [-0.39, 0.29) is 12.0 Å². The Morgan fingerprint density at radius 2 is 1.44 bits per heavy atom. The van der Waals surface area contributed by atoms with Crippen molar-refractivity contribution < 1.29 is 13.9 Å². The van der Waals surface area contributed by atoms with Crippen LogP contribution in [0.25, 0.3) is 0 Å². The molecule has 0 aromatic heterocycles. The van der Waals surface area contributed by atoms with Crippen LogP contribution in [0.3, 0.4) is 0 Å². The Balaban J connectivity index is 5.07. The second kappa shape index (κ2) is 6.21. The first kappa shape index (κ1) is 17.7. The largest absolute Gasteiger partial charge is 0.443 e. The Hall–Kier alpha value is -0.336. The van der Waals surface area contributed by atoms with E-state index in [1.807, 2.05) is 19.6 Å². The minimum atomic E-state index is -1.87. The van der Waals surface area contributed by atoms with Crippen LogP contribution in [0.2, 0.25) is 39.3 Å². The maximum absolute atomic E-state index is 12.0. The van der Waals surface area contributed by atoms with E-state index >= 15 is 0 Å². The van der Waals surface area contributed by atoms with Gasteiger partial charge in [-0.25, -0.2) is 0 Å². The number of nitrogens with zero attached hydrogens (tertiary/aromatic N) is 1. The van der Waals surface area contributed by atoms with Crippen molar-refractivity contribution >= 4 is 22.3 Å². The van der Waals surface area contributed by atoms with Crippen LogP contribution in [0.15, 0.2) is 0 Å². The molecular weight excluding hydrogens is 262 g/mol. The second-order valence-electron chi connectivity index (χ2n) is 7.00. The van der Waals surface area contributed by atoms with E-state index in [0.717, 1.165) is 0 Å². The molecule has 0 aromatic carbocycles. The molecule has 0 bridgehead atoms. The molecule has 1 atom stereocenters. The lowest BCUT2D eigenvalue weighted by molar-refractivity contribution is -0.705. The van der Waals surface area contributed by atoms with Crippen molar-refractivity contribution in [2.45, 2.75) is 66.2 Å². The van der Waals surface area contributed by atoms with E-state index in [4.69, 9.17) is 8.95 Å². The topological polar surface area (TPSA) is 44.5 Å². The van der Waals surface area contributed by atoms with Gasteiger partial charge in [-0.15, -0.1) is 0 Å². The van der Waals surface area contributed by atoms with Crippen LogP contribution in [0, 0.1) is 11.1 Å². The molecule has 18 heavy (non-hydrogen) atoms. The lowest BCUT2D eigenvalue weighted by Gasteiger charge is -2.28. The van der Waals surface area contributed by atoms with Crippen molar-refractivity contribution in [1.82, 2.24) is 0 Å². The number of hydrogen-bond donors (Lipinski definition) is 0. The SMILES string of the molecule is C/C(C(O[Si](C)(C)C)C(C)C)=[N+](\[O-])O[Si](C)(C)C. The van der Waals surface area contributed by atoms with Gasteiger partial charge in [0.15, 0.2) is 16.6 Å². The lowest BCUT2D eigenvalue weighted by Crippen LogP contribution is -2.43. The van der Waals surface area contributed by atoms with Gasteiger partial charge < -0.3 is 8.95 Å². The molecule has 0 rings (SSSR count). The van der Waals surface area contributed by atoms with E-state index in [1.54, 1.807) is 6.92 Å². The van der Waals surface area contributed by atoms with E-state index in [9.17, 15) is 5.21 Å². The second-order valence-corrected chi connectivity index (χ2v) is 15.9. The molecule has 6 heteroatoms. The fourth-order valence-electron chi connectivity index (χ4n) is 1.51. The Bertz CT molecular complexity index is 303. The Morgan fingerprint density at radius 3 is 1.72 bits per heavy atom. The monoisotopic (exact) mass is 291 g/mol.